The van der Waals surface area contributed by atoms with Gasteiger partial charge in [-0.25, -0.2) is 4.79 Å². The van der Waals surface area contributed by atoms with Gasteiger partial charge in [0.05, 0.1) is 19.2 Å². The number of ether oxygens (including phenoxy) is 1. The summed E-state index contributed by atoms with van der Waals surface area (Å²) in [6.07, 6.45) is 1.12. The summed E-state index contributed by atoms with van der Waals surface area (Å²) >= 11 is 0. The van der Waals surface area contributed by atoms with Crippen LogP contribution in [0.2, 0.25) is 0 Å². The van der Waals surface area contributed by atoms with Crippen molar-refractivity contribution in [1.29, 1.82) is 0 Å². The Kier molecular flexibility index (Phi) is 6.68. The molecular formula is C20H30N4O3. The van der Waals surface area contributed by atoms with Crippen LogP contribution in [0.3, 0.4) is 0 Å². The molecule has 0 unspecified atom stereocenters. The number of carbonyl (C=O) groups excluding carboxylic acids is 2. The first-order chi connectivity index (χ1) is 13.1. The van der Waals surface area contributed by atoms with Gasteiger partial charge in [-0.15, -0.1) is 0 Å². The van der Waals surface area contributed by atoms with E-state index in [1.165, 1.54) is 7.11 Å². The summed E-state index contributed by atoms with van der Waals surface area (Å²) in [6, 6.07) is 7.46. The van der Waals surface area contributed by atoms with Crippen LogP contribution in [0.5, 0.6) is 0 Å². The van der Waals surface area contributed by atoms with Crippen molar-refractivity contribution in [2.75, 3.05) is 78.0 Å². The van der Waals surface area contributed by atoms with Gasteiger partial charge in [-0.3, -0.25) is 9.69 Å². The summed E-state index contributed by atoms with van der Waals surface area (Å²) in [5, 5.41) is 0. The molecule has 0 radical (unpaired) electrons. The molecule has 3 rings (SSSR count). The van der Waals surface area contributed by atoms with Crippen LogP contribution in [0.4, 0.5) is 5.69 Å². The number of esters is 1. The van der Waals surface area contributed by atoms with Crippen LogP contribution in [0.25, 0.3) is 0 Å². The molecule has 1 aromatic carbocycles. The zero-order valence-corrected chi connectivity index (χ0v) is 16.4. The molecule has 0 saturated carbocycles. The van der Waals surface area contributed by atoms with E-state index in [1.807, 2.05) is 17.0 Å². The van der Waals surface area contributed by atoms with Crippen molar-refractivity contribution in [2.45, 2.75) is 6.42 Å². The Bertz CT molecular complexity index is 641. The summed E-state index contributed by atoms with van der Waals surface area (Å²) in [6.45, 7) is 7.74. The van der Waals surface area contributed by atoms with E-state index < -0.39 is 0 Å². The number of amides is 1. The van der Waals surface area contributed by atoms with E-state index in [0.29, 0.717) is 12.1 Å². The SMILES string of the molecule is COC(=O)c1ccc(N2CCN(C(=O)CN3CCCN(C)CC3)CC2)cc1. The van der Waals surface area contributed by atoms with Crippen molar-refractivity contribution < 1.29 is 14.3 Å². The highest BCUT2D eigenvalue weighted by Crippen LogP contribution is 2.18. The first-order valence-electron chi connectivity index (χ1n) is 9.69. The van der Waals surface area contributed by atoms with Crippen molar-refractivity contribution in [3.63, 3.8) is 0 Å². The molecule has 2 heterocycles. The number of hydrogen-bond acceptors (Lipinski definition) is 6. The second-order valence-corrected chi connectivity index (χ2v) is 7.34. The Hall–Kier alpha value is -2.12. The molecule has 1 amide bonds. The quantitative estimate of drug-likeness (QED) is 0.726. The van der Waals surface area contributed by atoms with Gasteiger partial charge in [0.15, 0.2) is 0 Å². The third-order valence-electron chi connectivity index (χ3n) is 5.46. The van der Waals surface area contributed by atoms with E-state index in [-0.39, 0.29) is 11.9 Å². The number of nitrogens with zero attached hydrogens (tertiary/aromatic N) is 4. The number of rotatable bonds is 4. The molecule has 0 aliphatic carbocycles. The van der Waals surface area contributed by atoms with Crippen LogP contribution >= 0.6 is 0 Å². The molecule has 0 N–H and O–H groups in total. The van der Waals surface area contributed by atoms with Crippen molar-refractivity contribution >= 4 is 17.6 Å². The fourth-order valence-corrected chi connectivity index (χ4v) is 3.69. The van der Waals surface area contributed by atoms with Crippen LogP contribution in [0, 0.1) is 0 Å². The number of benzene rings is 1. The highest BCUT2D eigenvalue weighted by molar-refractivity contribution is 5.89. The first-order valence-corrected chi connectivity index (χ1v) is 9.69. The molecule has 148 valence electrons. The lowest BCUT2D eigenvalue weighted by molar-refractivity contribution is -0.132. The van der Waals surface area contributed by atoms with Crippen molar-refractivity contribution in [2.24, 2.45) is 0 Å². The van der Waals surface area contributed by atoms with Crippen LogP contribution in [-0.4, -0.2) is 99.6 Å². The predicted octanol–water partition coefficient (Wildman–Crippen LogP) is 0.759. The molecule has 2 saturated heterocycles. The average Bonchev–Trinajstić information content (AvgIpc) is 2.91. The normalized spacial score (nSPS) is 19.6. The number of carbonyl (C=O) groups is 2. The Balaban J connectivity index is 1.48. The van der Waals surface area contributed by atoms with Crippen LogP contribution in [0.15, 0.2) is 24.3 Å². The standard InChI is InChI=1S/C20H30N4O3/c1-21-8-3-9-22(11-10-21)16-19(25)24-14-12-23(13-15-24)18-6-4-17(5-7-18)20(26)27-2/h4-7H,3,8-16H2,1-2H3. The maximum atomic E-state index is 12.7. The van der Waals surface area contributed by atoms with E-state index >= 15 is 0 Å². The maximum absolute atomic E-state index is 12.7. The number of piperazine rings is 1. The van der Waals surface area contributed by atoms with E-state index in [2.05, 4.69) is 21.7 Å². The average molecular weight is 374 g/mol. The largest absolute Gasteiger partial charge is 0.465 e. The molecule has 0 spiro atoms. The van der Waals surface area contributed by atoms with E-state index in [9.17, 15) is 9.59 Å². The van der Waals surface area contributed by atoms with Gasteiger partial charge in [0, 0.05) is 45.0 Å². The van der Waals surface area contributed by atoms with E-state index in [4.69, 9.17) is 4.74 Å². The Morgan fingerprint density at radius 2 is 1.63 bits per heavy atom. The molecule has 1 aromatic rings. The molecule has 0 aromatic heterocycles. The van der Waals surface area contributed by atoms with Gasteiger partial charge in [-0.2, -0.15) is 0 Å². The fourth-order valence-electron chi connectivity index (χ4n) is 3.69. The van der Waals surface area contributed by atoms with Crippen LogP contribution in [0.1, 0.15) is 16.8 Å². The minimum absolute atomic E-state index is 0.236. The van der Waals surface area contributed by atoms with Gasteiger partial charge in [0.25, 0.3) is 0 Å². The topological polar surface area (TPSA) is 56.3 Å². The van der Waals surface area contributed by atoms with Crippen molar-refractivity contribution in [3.05, 3.63) is 29.8 Å². The predicted molar refractivity (Wildman–Crippen MR) is 105 cm³/mol. The zero-order chi connectivity index (χ0) is 19.2. The highest BCUT2D eigenvalue weighted by Gasteiger charge is 2.23. The van der Waals surface area contributed by atoms with Crippen molar-refractivity contribution in [3.8, 4) is 0 Å². The third kappa shape index (κ3) is 5.20. The number of anilines is 1. The summed E-state index contributed by atoms with van der Waals surface area (Å²) in [4.78, 5) is 33.0. The second kappa shape index (κ2) is 9.19. The second-order valence-electron chi connectivity index (χ2n) is 7.34. The molecule has 2 aliphatic heterocycles. The number of hydrogen-bond donors (Lipinski definition) is 0. The van der Waals surface area contributed by atoms with Gasteiger partial charge in [-0.1, -0.05) is 0 Å². The number of methoxy groups -OCH3 is 1. The molecule has 7 heteroatoms. The van der Waals surface area contributed by atoms with Gasteiger partial charge < -0.3 is 19.4 Å². The Labute approximate surface area is 161 Å². The Morgan fingerprint density at radius 1 is 0.926 bits per heavy atom. The minimum atomic E-state index is -0.323. The lowest BCUT2D eigenvalue weighted by Crippen LogP contribution is -2.51. The molecule has 7 nitrogen and oxygen atoms in total. The first kappa shape index (κ1) is 19.6. The maximum Gasteiger partial charge on any atom is 0.337 e. The number of likely N-dealkylation sites (N-methyl/N-ethyl adjacent to an activating group) is 1. The summed E-state index contributed by atoms with van der Waals surface area (Å²) in [7, 11) is 3.53. The summed E-state index contributed by atoms with van der Waals surface area (Å²) in [5.74, 6) is -0.0862. The molecule has 2 aliphatic rings. The zero-order valence-electron chi connectivity index (χ0n) is 16.4. The molecular weight excluding hydrogens is 344 g/mol. The summed E-state index contributed by atoms with van der Waals surface area (Å²) in [5.41, 5.74) is 1.63. The monoisotopic (exact) mass is 374 g/mol. The molecule has 0 bridgehead atoms. The van der Waals surface area contributed by atoms with Crippen LogP contribution in [-0.2, 0) is 9.53 Å². The lowest BCUT2D eigenvalue weighted by atomic mass is 10.2. The van der Waals surface area contributed by atoms with Crippen molar-refractivity contribution in [1.82, 2.24) is 14.7 Å². The third-order valence-corrected chi connectivity index (χ3v) is 5.46. The van der Waals surface area contributed by atoms with E-state index in [0.717, 1.165) is 64.5 Å². The van der Waals surface area contributed by atoms with Crippen LogP contribution < -0.4 is 4.90 Å². The van der Waals surface area contributed by atoms with Gasteiger partial charge in [0.1, 0.15) is 0 Å². The smallest absolute Gasteiger partial charge is 0.337 e. The fraction of sp³-hybridized carbons (Fsp3) is 0.600. The molecule has 27 heavy (non-hydrogen) atoms. The minimum Gasteiger partial charge on any atom is -0.465 e. The van der Waals surface area contributed by atoms with Gasteiger partial charge >= 0.3 is 5.97 Å². The highest BCUT2D eigenvalue weighted by atomic mass is 16.5. The summed E-state index contributed by atoms with van der Waals surface area (Å²) < 4.78 is 4.73. The van der Waals surface area contributed by atoms with E-state index in [1.54, 1.807) is 12.1 Å². The molecule has 0 atom stereocenters. The Morgan fingerprint density at radius 3 is 2.30 bits per heavy atom. The van der Waals surface area contributed by atoms with Gasteiger partial charge in [-0.05, 0) is 50.8 Å². The molecule has 2 fully saturated rings. The van der Waals surface area contributed by atoms with Gasteiger partial charge in [0.2, 0.25) is 5.91 Å². The lowest BCUT2D eigenvalue weighted by Gasteiger charge is -2.37.